The van der Waals surface area contributed by atoms with Gasteiger partial charge in [0.05, 0.1) is 7.11 Å². The summed E-state index contributed by atoms with van der Waals surface area (Å²) in [7, 11) is 1.33. The molecule has 0 radical (unpaired) electrons. The quantitative estimate of drug-likeness (QED) is 0.640. The van der Waals surface area contributed by atoms with Crippen LogP contribution >= 0.6 is 0 Å². The maximum Gasteiger partial charge on any atom is 0.407 e. The van der Waals surface area contributed by atoms with Crippen molar-refractivity contribution in [2.24, 2.45) is 0 Å². The molecule has 0 unspecified atom stereocenters. The highest BCUT2D eigenvalue weighted by atomic mass is 16.5. The maximum absolute atomic E-state index is 10.9. The Hall–Kier alpha value is -1.46. The van der Waals surface area contributed by atoms with Gasteiger partial charge in [0.25, 0.3) is 0 Å². The number of rotatable bonds is 2. The molecule has 0 atom stereocenters. The number of methoxy groups -OCH3 is 1. The minimum Gasteiger partial charge on any atom is -0.465 e. The van der Waals surface area contributed by atoms with Crippen LogP contribution in [0.15, 0.2) is 0 Å². The van der Waals surface area contributed by atoms with E-state index in [9.17, 15) is 9.59 Å². The molecule has 0 saturated heterocycles. The van der Waals surface area contributed by atoms with Crippen molar-refractivity contribution < 1.29 is 19.4 Å². The van der Waals surface area contributed by atoms with E-state index < -0.39 is 12.2 Å². The summed E-state index contributed by atoms with van der Waals surface area (Å²) in [5.74, 6) is 0. The van der Waals surface area contributed by atoms with Crippen LogP contribution in [0.1, 0.15) is 25.7 Å². The third-order valence-electron chi connectivity index (χ3n) is 2.56. The van der Waals surface area contributed by atoms with E-state index in [0.717, 1.165) is 25.7 Å². The first-order chi connectivity index (χ1) is 7.11. The number of hydrogen-bond donors (Lipinski definition) is 3. The highest BCUT2D eigenvalue weighted by Gasteiger charge is 2.23. The Bertz CT molecular complexity index is 236. The topological polar surface area (TPSA) is 87.7 Å². The number of carbonyl (C=O) groups is 2. The molecule has 6 nitrogen and oxygen atoms in total. The second-order valence-corrected chi connectivity index (χ2v) is 3.63. The molecule has 1 saturated carbocycles. The maximum atomic E-state index is 10.9. The molecule has 0 aromatic carbocycles. The van der Waals surface area contributed by atoms with Gasteiger partial charge >= 0.3 is 12.2 Å². The number of ether oxygens (including phenoxy) is 1. The van der Waals surface area contributed by atoms with Gasteiger partial charge in [0.15, 0.2) is 0 Å². The molecule has 1 aliphatic rings. The minimum absolute atomic E-state index is 0.0122. The summed E-state index contributed by atoms with van der Waals surface area (Å²) in [5.41, 5.74) is 0. The Labute approximate surface area is 88.0 Å². The molecule has 2 amide bonds. The standard InChI is InChI=1S/C9H16N2O4/c1-15-9(14)11-7-4-2-6(3-5-7)10-8(12)13/h6-7,10H,2-5H2,1H3,(H,11,14)(H,12,13). The van der Waals surface area contributed by atoms with E-state index in [-0.39, 0.29) is 12.1 Å². The Morgan fingerprint density at radius 3 is 2.00 bits per heavy atom. The first kappa shape index (κ1) is 11.6. The van der Waals surface area contributed by atoms with Crippen LogP contribution in [0.5, 0.6) is 0 Å². The molecular formula is C9H16N2O4. The highest BCUT2D eigenvalue weighted by molar-refractivity contribution is 5.67. The summed E-state index contributed by atoms with van der Waals surface area (Å²) < 4.78 is 4.48. The zero-order valence-electron chi connectivity index (χ0n) is 8.66. The van der Waals surface area contributed by atoms with Gasteiger partial charge in [-0.3, -0.25) is 0 Å². The fourth-order valence-corrected chi connectivity index (χ4v) is 1.78. The van der Waals surface area contributed by atoms with Crippen LogP contribution < -0.4 is 10.6 Å². The number of alkyl carbamates (subject to hydrolysis) is 1. The summed E-state index contributed by atoms with van der Waals surface area (Å²) in [6.45, 7) is 0. The average Bonchev–Trinajstić information content (AvgIpc) is 2.20. The molecule has 6 heteroatoms. The molecule has 0 aromatic heterocycles. The van der Waals surface area contributed by atoms with Crippen molar-refractivity contribution in [3.8, 4) is 0 Å². The van der Waals surface area contributed by atoms with E-state index in [0.29, 0.717) is 0 Å². The van der Waals surface area contributed by atoms with Crippen LogP contribution in [-0.4, -0.2) is 36.5 Å². The number of amides is 2. The molecule has 3 N–H and O–H groups in total. The first-order valence-electron chi connectivity index (χ1n) is 4.95. The van der Waals surface area contributed by atoms with E-state index in [4.69, 9.17) is 5.11 Å². The van der Waals surface area contributed by atoms with Gasteiger partial charge in [0.1, 0.15) is 0 Å². The van der Waals surface area contributed by atoms with Crippen molar-refractivity contribution in [2.75, 3.05) is 7.11 Å². The third kappa shape index (κ3) is 4.05. The van der Waals surface area contributed by atoms with Crippen LogP contribution in [-0.2, 0) is 4.74 Å². The second kappa shape index (κ2) is 5.43. The van der Waals surface area contributed by atoms with Crippen molar-refractivity contribution in [1.29, 1.82) is 0 Å². The van der Waals surface area contributed by atoms with Crippen LogP contribution in [0, 0.1) is 0 Å². The number of hydrogen-bond acceptors (Lipinski definition) is 3. The first-order valence-corrected chi connectivity index (χ1v) is 4.95. The normalized spacial score (nSPS) is 25.4. The summed E-state index contributed by atoms with van der Waals surface area (Å²) in [4.78, 5) is 21.3. The summed E-state index contributed by atoms with van der Waals surface area (Å²) in [6.07, 6.45) is 1.64. The molecule has 0 aliphatic heterocycles. The fourth-order valence-electron chi connectivity index (χ4n) is 1.78. The van der Waals surface area contributed by atoms with Crippen LogP contribution in [0.3, 0.4) is 0 Å². The third-order valence-corrected chi connectivity index (χ3v) is 2.56. The lowest BCUT2D eigenvalue weighted by molar-refractivity contribution is 0.159. The largest absolute Gasteiger partial charge is 0.465 e. The lowest BCUT2D eigenvalue weighted by atomic mass is 9.91. The molecule has 15 heavy (non-hydrogen) atoms. The Kier molecular flexibility index (Phi) is 4.20. The molecule has 0 heterocycles. The lowest BCUT2D eigenvalue weighted by Crippen LogP contribution is -2.43. The van der Waals surface area contributed by atoms with Crippen molar-refractivity contribution in [3.05, 3.63) is 0 Å². The van der Waals surface area contributed by atoms with Crippen molar-refractivity contribution in [1.82, 2.24) is 10.6 Å². The van der Waals surface area contributed by atoms with E-state index in [1.54, 1.807) is 0 Å². The van der Waals surface area contributed by atoms with Crippen LogP contribution in [0.2, 0.25) is 0 Å². The predicted octanol–water partition coefficient (Wildman–Crippen LogP) is 0.921. The average molecular weight is 216 g/mol. The van der Waals surface area contributed by atoms with E-state index in [1.807, 2.05) is 0 Å². The summed E-state index contributed by atoms with van der Waals surface area (Å²) >= 11 is 0. The van der Waals surface area contributed by atoms with Gasteiger partial charge in [0.2, 0.25) is 0 Å². The molecular weight excluding hydrogens is 200 g/mol. The Balaban J connectivity index is 2.23. The molecule has 1 fully saturated rings. The zero-order chi connectivity index (χ0) is 11.3. The lowest BCUT2D eigenvalue weighted by Gasteiger charge is -2.28. The SMILES string of the molecule is COC(=O)NC1CCC(NC(=O)O)CC1. The fraction of sp³-hybridized carbons (Fsp3) is 0.778. The van der Waals surface area contributed by atoms with Crippen molar-refractivity contribution in [3.63, 3.8) is 0 Å². The minimum atomic E-state index is -0.987. The molecule has 1 aliphatic carbocycles. The Morgan fingerprint density at radius 1 is 1.13 bits per heavy atom. The second-order valence-electron chi connectivity index (χ2n) is 3.63. The van der Waals surface area contributed by atoms with Gasteiger partial charge in [-0.15, -0.1) is 0 Å². The molecule has 0 spiro atoms. The van der Waals surface area contributed by atoms with Gasteiger partial charge in [-0.1, -0.05) is 0 Å². The molecule has 86 valence electrons. The van der Waals surface area contributed by atoms with Crippen molar-refractivity contribution >= 4 is 12.2 Å². The van der Waals surface area contributed by atoms with Gasteiger partial charge in [-0.05, 0) is 25.7 Å². The molecule has 0 aromatic rings. The van der Waals surface area contributed by atoms with Gasteiger partial charge in [-0.2, -0.15) is 0 Å². The zero-order valence-corrected chi connectivity index (χ0v) is 8.66. The van der Waals surface area contributed by atoms with Gasteiger partial charge in [-0.25, -0.2) is 9.59 Å². The highest BCUT2D eigenvalue weighted by Crippen LogP contribution is 2.18. The van der Waals surface area contributed by atoms with Crippen molar-refractivity contribution in [2.45, 2.75) is 37.8 Å². The van der Waals surface area contributed by atoms with Crippen LogP contribution in [0.25, 0.3) is 0 Å². The number of carboxylic acid groups (broad SMARTS) is 1. The van der Waals surface area contributed by atoms with Gasteiger partial charge in [0, 0.05) is 12.1 Å². The van der Waals surface area contributed by atoms with Crippen LogP contribution in [0.4, 0.5) is 9.59 Å². The molecule has 1 rings (SSSR count). The predicted molar refractivity (Wildman–Crippen MR) is 52.7 cm³/mol. The Morgan fingerprint density at radius 2 is 1.60 bits per heavy atom. The number of carbonyl (C=O) groups excluding carboxylic acids is 1. The summed E-state index contributed by atoms with van der Waals surface area (Å²) in [5, 5.41) is 13.7. The van der Waals surface area contributed by atoms with Gasteiger partial charge < -0.3 is 20.5 Å². The monoisotopic (exact) mass is 216 g/mol. The van der Waals surface area contributed by atoms with E-state index in [2.05, 4.69) is 15.4 Å². The number of nitrogens with one attached hydrogen (secondary N) is 2. The smallest absolute Gasteiger partial charge is 0.407 e. The summed E-state index contributed by atoms with van der Waals surface area (Å²) in [6, 6.07) is 0.113. The van der Waals surface area contributed by atoms with E-state index >= 15 is 0 Å². The van der Waals surface area contributed by atoms with E-state index in [1.165, 1.54) is 7.11 Å². The molecule has 0 bridgehead atoms.